The van der Waals surface area contributed by atoms with Crippen LogP contribution in [-0.4, -0.2) is 27.5 Å². The van der Waals surface area contributed by atoms with Crippen LogP contribution in [0.5, 0.6) is 11.5 Å². The lowest BCUT2D eigenvalue weighted by molar-refractivity contribution is -0.385. The molecule has 0 aliphatic heterocycles. The molecule has 0 unspecified atom stereocenters. The molecule has 2 aromatic carbocycles. The average molecular weight is 563 g/mol. The van der Waals surface area contributed by atoms with E-state index in [1.165, 1.54) is 51.0 Å². The molecule has 0 radical (unpaired) electrons. The van der Waals surface area contributed by atoms with Gasteiger partial charge in [-0.2, -0.15) is 0 Å². The number of aryl methyl sites for hydroxylation is 1. The van der Waals surface area contributed by atoms with Crippen LogP contribution in [-0.2, 0) is 6.42 Å². The van der Waals surface area contributed by atoms with Crippen LogP contribution >= 0.6 is 0 Å². The van der Waals surface area contributed by atoms with Gasteiger partial charge in [0, 0.05) is 30.1 Å². The minimum Gasteiger partial charge on any atom is -0.487 e. The maximum absolute atomic E-state index is 12.9. The van der Waals surface area contributed by atoms with Crippen LogP contribution in [0.2, 0.25) is 0 Å². The van der Waals surface area contributed by atoms with Gasteiger partial charge in [-0.15, -0.1) is 0 Å². The van der Waals surface area contributed by atoms with Gasteiger partial charge in [0.25, 0.3) is 0 Å². The fourth-order valence-electron chi connectivity index (χ4n) is 4.48. The van der Waals surface area contributed by atoms with Gasteiger partial charge in [-0.3, -0.25) is 10.1 Å². The van der Waals surface area contributed by atoms with E-state index < -0.39 is 10.9 Å². The number of nitro groups is 1. The van der Waals surface area contributed by atoms with Crippen molar-refractivity contribution < 1.29 is 19.2 Å². The highest BCUT2D eigenvalue weighted by atomic mass is 16.6. The molecular formula is C32H42N4O5. The van der Waals surface area contributed by atoms with E-state index in [1.54, 1.807) is 24.3 Å². The molecule has 41 heavy (non-hydrogen) atoms. The number of ether oxygens (including phenoxy) is 2. The van der Waals surface area contributed by atoms with E-state index in [4.69, 9.17) is 15.2 Å². The molecule has 0 saturated heterocycles. The zero-order chi connectivity index (χ0) is 29.5. The van der Waals surface area contributed by atoms with Gasteiger partial charge < -0.3 is 15.2 Å². The van der Waals surface area contributed by atoms with E-state index in [1.807, 2.05) is 12.4 Å². The number of hydrogen-bond donors (Lipinski definition) is 1. The summed E-state index contributed by atoms with van der Waals surface area (Å²) in [6.45, 7) is 4.71. The zero-order valence-electron chi connectivity index (χ0n) is 24.3. The third-order valence-corrected chi connectivity index (χ3v) is 6.90. The number of carbonyl (C=O) groups is 1. The SMILES string of the molecule is CCCCCCCCOc1cc(N)c(C(=O)Oc2ccc(-c3ncc(CCCCCCC)cn3)cc2)cc1[N+](=O)[O-]. The molecule has 1 heterocycles. The fourth-order valence-corrected chi connectivity index (χ4v) is 4.48. The standard InChI is InChI=1S/C32H42N4O5/c1-3-5-7-9-11-13-19-40-30-21-28(33)27(20-29(30)36(38)39)32(37)41-26-17-15-25(16-18-26)31-34-22-24(23-35-31)14-12-10-8-6-4-2/h15-18,20-23H,3-14,19,33H2,1-2H3. The van der Waals surface area contributed by atoms with Gasteiger partial charge >= 0.3 is 11.7 Å². The summed E-state index contributed by atoms with van der Waals surface area (Å²) in [5.41, 5.74) is 7.59. The maximum Gasteiger partial charge on any atom is 0.345 e. The molecule has 0 atom stereocenters. The molecule has 2 N–H and O–H groups in total. The van der Waals surface area contributed by atoms with Crippen LogP contribution in [0.1, 0.15) is 100 Å². The number of nitrogens with two attached hydrogens (primary N) is 1. The predicted molar refractivity (Wildman–Crippen MR) is 161 cm³/mol. The molecule has 0 fully saturated rings. The number of rotatable bonds is 18. The molecule has 3 aromatic rings. The van der Waals surface area contributed by atoms with Crippen LogP contribution in [0.3, 0.4) is 0 Å². The van der Waals surface area contributed by atoms with Crippen molar-refractivity contribution in [2.24, 2.45) is 0 Å². The molecule has 9 heteroatoms. The monoisotopic (exact) mass is 562 g/mol. The molecule has 1 aromatic heterocycles. The van der Waals surface area contributed by atoms with Crippen molar-refractivity contribution in [3.63, 3.8) is 0 Å². The Morgan fingerprint density at radius 3 is 2.12 bits per heavy atom. The second kappa shape index (κ2) is 16.9. The summed E-state index contributed by atoms with van der Waals surface area (Å²) in [6, 6.07) is 9.20. The van der Waals surface area contributed by atoms with E-state index in [0.29, 0.717) is 12.4 Å². The first-order valence-corrected chi connectivity index (χ1v) is 14.8. The average Bonchev–Trinajstić information content (AvgIpc) is 2.97. The number of unbranched alkanes of at least 4 members (excludes halogenated alkanes) is 9. The molecule has 9 nitrogen and oxygen atoms in total. The van der Waals surface area contributed by atoms with E-state index >= 15 is 0 Å². The summed E-state index contributed by atoms with van der Waals surface area (Å²) in [5, 5.41) is 11.7. The highest BCUT2D eigenvalue weighted by Crippen LogP contribution is 2.33. The molecule has 220 valence electrons. The van der Waals surface area contributed by atoms with E-state index in [0.717, 1.165) is 49.3 Å². The Morgan fingerprint density at radius 2 is 1.49 bits per heavy atom. The number of benzene rings is 2. The number of nitrogens with zero attached hydrogens (tertiary/aromatic N) is 3. The topological polar surface area (TPSA) is 130 Å². The van der Waals surface area contributed by atoms with Gasteiger partial charge in [0.05, 0.1) is 22.8 Å². The first-order chi connectivity index (χ1) is 19.9. The van der Waals surface area contributed by atoms with Gasteiger partial charge in [0.1, 0.15) is 5.75 Å². The first-order valence-electron chi connectivity index (χ1n) is 14.8. The van der Waals surface area contributed by atoms with Gasteiger partial charge in [-0.1, -0.05) is 71.6 Å². The Bertz CT molecular complexity index is 1250. The zero-order valence-corrected chi connectivity index (χ0v) is 24.3. The second-order valence-electron chi connectivity index (χ2n) is 10.3. The Balaban J connectivity index is 1.58. The number of nitro benzene ring substituents is 1. The number of anilines is 1. The van der Waals surface area contributed by atoms with Crippen molar-refractivity contribution in [1.82, 2.24) is 9.97 Å². The Morgan fingerprint density at radius 1 is 0.878 bits per heavy atom. The number of carbonyl (C=O) groups excluding carboxylic acids is 1. The minimum atomic E-state index is -0.791. The molecule has 3 rings (SSSR count). The molecule has 0 bridgehead atoms. The van der Waals surface area contributed by atoms with Crippen molar-refractivity contribution in [1.29, 1.82) is 0 Å². The molecule has 0 spiro atoms. The van der Waals surface area contributed by atoms with Crippen LogP contribution in [0.25, 0.3) is 11.4 Å². The third kappa shape index (κ3) is 10.2. The molecule has 0 saturated carbocycles. The summed E-state index contributed by atoms with van der Waals surface area (Å²) in [7, 11) is 0. The lowest BCUT2D eigenvalue weighted by Gasteiger charge is -2.11. The van der Waals surface area contributed by atoms with E-state index in [-0.39, 0.29) is 28.4 Å². The minimum absolute atomic E-state index is 0.0458. The fraction of sp³-hybridized carbons (Fsp3) is 0.469. The number of nitrogen functional groups attached to an aromatic ring is 1. The molecule has 0 amide bonds. The number of esters is 1. The third-order valence-electron chi connectivity index (χ3n) is 6.90. The van der Waals surface area contributed by atoms with Crippen LogP contribution < -0.4 is 15.2 Å². The van der Waals surface area contributed by atoms with Gasteiger partial charge in [-0.25, -0.2) is 14.8 Å². The normalized spacial score (nSPS) is 10.9. The quantitative estimate of drug-likeness (QED) is 0.0411. The van der Waals surface area contributed by atoms with Crippen LogP contribution in [0, 0.1) is 10.1 Å². The lowest BCUT2D eigenvalue weighted by atomic mass is 10.1. The largest absolute Gasteiger partial charge is 0.487 e. The van der Waals surface area contributed by atoms with Gasteiger partial charge in [-0.05, 0) is 49.1 Å². The molecule has 0 aliphatic carbocycles. The smallest absolute Gasteiger partial charge is 0.345 e. The van der Waals surface area contributed by atoms with Gasteiger partial charge in [0.2, 0.25) is 0 Å². The van der Waals surface area contributed by atoms with E-state index in [9.17, 15) is 14.9 Å². The predicted octanol–water partition coefficient (Wildman–Crippen LogP) is 8.11. The van der Waals surface area contributed by atoms with Crippen molar-refractivity contribution in [2.45, 2.75) is 90.9 Å². The van der Waals surface area contributed by atoms with Crippen LogP contribution in [0.15, 0.2) is 48.8 Å². The summed E-state index contributed by atoms with van der Waals surface area (Å²) in [5.74, 6) is 0.103. The number of aromatic nitrogens is 2. The molecule has 0 aliphatic rings. The van der Waals surface area contributed by atoms with E-state index in [2.05, 4.69) is 23.8 Å². The Hall–Kier alpha value is -4.01. The lowest BCUT2D eigenvalue weighted by Crippen LogP contribution is -2.12. The van der Waals surface area contributed by atoms with Crippen LogP contribution in [0.4, 0.5) is 11.4 Å². The highest BCUT2D eigenvalue weighted by molar-refractivity contribution is 5.97. The second-order valence-corrected chi connectivity index (χ2v) is 10.3. The summed E-state index contributed by atoms with van der Waals surface area (Å²) >= 11 is 0. The van der Waals surface area contributed by atoms with Crippen molar-refractivity contribution in [3.8, 4) is 22.9 Å². The summed E-state index contributed by atoms with van der Waals surface area (Å²) in [4.78, 5) is 32.9. The van der Waals surface area contributed by atoms with Gasteiger partial charge in [0.15, 0.2) is 11.6 Å². The van der Waals surface area contributed by atoms with Crippen molar-refractivity contribution in [2.75, 3.05) is 12.3 Å². The summed E-state index contributed by atoms with van der Waals surface area (Å²) in [6.07, 6.45) is 17.2. The first kappa shape index (κ1) is 31.5. The Kier molecular flexibility index (Phi) is 13.0. The Labute approximate surface area is 242 Å². The molecular weight excluding hydrogens is 520 g/mol. The summed E-state index contributed by atoms with van der Waals surface area (Å²) < 4.78 is 11.1. The number of hydrogen-bond acceptors (Lipinski definition) is 8. The maximum atomic E-state index is 12.9. The van der Waals surface area contributed by atoms with Crippen molar-refractivity contribution >= 4 is 17.3 Å². The highest BCUT2D eigenvalue weighted by Gasteiger charge is 2.23. The van der Waals surface area contributed by atoms with Crippen molar-refractivity contribution in [3.05, 3.63) is 70.0 Å².